The summed E-state index contributed by atoms with van der Waals surface area (Å²) in [4.78, 5) is 0. The first-order valence-corrected chi connectivity index (χ1v) is 17.4. The van der Waals surface area contributed by atoms with Crippen LogP contribution >= 0.6 is 0 Å². The van der Waals surface area contributed by atoms with E-state index in [4.69, 9.17) is 5.48 Å². The summed E-state index contributed by atoms with van der Waals surface area (Å²) in [7, 11) is 0. The van der Waals surface area contributed by atoms with Crippen LogP contribution in [0, 0.1) is 0 Å². The molecule has 0 nitrogen and oxygen atoms in total. The van der Waals surface area contributed by atoms with E-state index < -0.39 is 24.2 Å². The molecular formula is C52H32. The molecule has 11 aromatic carbocycles. The predicted molar refractivity (Wildman–Crippen MR) is 225 cm³/mol. The average Bonchev–Trinajstić information content (AvgIpc) is 3.30. The van der Waals surface area contributed by atoms with E-state index in [0.29, 0.717) is 22.3 Å². The van der Waals surface area contributed by atoms with E-state index in [9.17, 15) is 5.48 Å². The molecule has 11 aromatic rings. The fraction of sp³-hybridized carbons (Fsp3) is 0. The van der Waals surface area contributed by atoms with Crippen LogP contribution in [0.5, 0.6) is 0 Å². The summed E-state index contributed by atoms with van der Waals surface area (Å²) in [5, 5.41) is 10.9. The lowest BCUT2D eigenvalue weighted by molar-refractivity contribution is 1.63. The minimum absolute atomic E-state index is 0.194. The van der Waals surface area contributed by atoms with E-state index in [2.05, 4.69) is 66.7 Å². The standard InChI is InChI=1S/C52H32/c1-2-14-36-31-37(30-27-33(36)13-1)34-25-28-35(29-26-34)50-44-21-9-11-23-46(44)52(47-24-12-10-22-45(47)50)49-32-48-40-17-4-3-15-38(40)39-16-5-7-19-42(39)51(48)43-20-8-6-18-41(43)49/h1-32H/i9D,10D,11D,12D,21D,22D,23D,24D. The van der Waals surface area contributed by atoms with Gasteiger partial charge in [0, 0.05) is 0 Å². The third-order valence-corrected chi connectivity index (χ3v) is 10.6. The van der Waals surface area contributed by atoms with Crippen molar-refractivity contribution in [2.45, 2.75) is 0 Å². The highest BCUT2D eigenvalue weighted by atomic mass is 14.2. The van der Waals surface area contributed by atoms with Gasteiger partial charge in [0.15, 0.2) is 0 Å². The Morgan fingerprint density at radius 2 is 0.731 bits per heavy atom. The number of benzene rings is 11. The predicted octanol–water partition coefficient (Wildman–Crippen LogP) is 14.8. The van der Waals surface area contributed by atoms with Crippen molar-refractivity contribution in [3.63, 3.8) is 0 Å². The van der Waals surface area contributed by atoms with Crippen LogP contribution in [0.2, 0.25) is 0 Å². The van der Waals surface area contributed by atoms with Crippen LogP contribution in [-0.4, -0.2) is 0 Å². The molecule has 0 aliphatic carbocycles. The number of hydrogen-bond acceptors (Lipinski definition) is 0. The van der Waals surface area contributed by atoms with Crippen molar-refractivity contribution in [3.05, 3.63) is 194 Å². The molecule has 240 valence electrons. The van der Waals surface area contributed by atoms with Crippen LogP contribution in [-0.2, 0) is 0 Å². The molecule has 0 unspecified atom stereocenters. The zero-order chi connectivity index (χ0) is 41.1. The summed E-state index contributed by atoms with van der Waals surface area (Å²) in [5.74, 6) is 0. The minimum Gasteiger partial charge on any atom is -0.0616 e. The molecule has 0 radical (unpaired) electrons. The SMILES string of the molecule is [2H]c1c([2H])c([2H])c2c(-c3cc4c5ccccc5c5ccccc5c4c4ccccc34)c3c([2H])c([2H])c([2H])c([2H])c3c(-c3ccc(-c4ccc5ccccc5c4)cc3)c2c1[2H]. The topological polar surface area (TPSA) is 0 Å². The number of fused-ring (bicyclic) bond motifs is 11. The van der Waals surface area contributed by atoms with Gasteiger partial charge in [-0.25, -0.2) is 0 Å². The minimum atomic E-state index is -0.423. The van der Waals surface area contributed by atoms with E-state index in [1.807, 2.05) is 78.9 Å². The molecule has 0 aromatic heterocycles. The summed E-state index contributed by atoms with van der Waals surface area (Å²) in [6, 6.07) is 45.8. The number of hydrogen-bond donors (Lipinski definition) is 0. The second kappa shape index (κ2) is 11.4. The Morgan fingerprint density at radius 1 is 0.288 bits per heavy atom. The first-order chi connectivity index (χ1) is 29.1. The Balaban J connectivity index is 1.33. The summed E-state index contributed by atoms with van der Waals surface area (Å²) in [5.41, 5.74) is 3.78. The summed E-state index contributed by atoms with van der Waals surface area (Å²) in [6.45, 7) is 0. The normalized spacial score (nSPS) is 14.0. The van der Waals surface area contributed by atoms with Crippen LogP contribution < -0.4 is 0 Å². The first kappa shape index (κ1) is 22.1. The molecule has 0 saturated carbocycles. The van der Waals surface area contributed by atoms with Gasteiger partial charge in [0.05, 0.1) is 11.0 Å². The van der Waals surface area contributed by atoms with Gasteiger partial charge in [-0.3, -0.25) is 0 Å². The maximum Gasteiger partial charge on any atom is 0.0629 e. The van der Waals surface area contributed by atoms with Crippen molar-refractivity contribution in [1.82, 2.24) is 0 Å². The zero-order valence-corrected chi connectivity index (χ0v) is 27.9. The second-order valence-electron chi connectivity index (χ2n) is 13.4. The Bertz CT molecular complexity index is 3600. The Kier molecular flexibility index (Phi) is 4.85. The lowest BCUT2D eigenvalue weighted by atomic mass is 9.82. The monoisotopic (exact) mass is 664 g/mol. The fourth-order valence-corrected chi connectivity index (χ4v) is 8.35. The molecule has 0 atom stereocenters. The van der Waals surface area contributed by atoms with Gasteiger partial charge >= 0.3 is 0 Å². The Morgan fingerprint density at radius 3 is 1.37 bits per heavy atom. The molecule has 0 saturated heterocycles. The molecule has 0 heteroatoms. The van der Waals surface area contributed by atoms with Gasteiger partial charge in [-0.05, 0) is 121 Å². The summed E-state index contributed by atoms with van der Waals surface area (Å²) < 4.78 is 74.2. The van der Waals surface area contributed by atoms with E-state index in [0.717, 1.165) is 65.0 Å². The van der Waals surface area contributed by atoms with Crippen LogP contribution in [0.25, 0.3) is 109 Å². The maximum absolute atomic E-state index is 9.61. The van der Waals surface area contributed by atoms with Gasteiger partial charge < -0.3 is 0 Å². The summed E-state index contributed by atoms with van der Waals surface area (Å²) in [6.07, 6.45) is 0. The van der Waals surface area contributed by atoms with Gasteiger partial charge in [-0.2, -0.15) is 0 Å². The highest BCUT2D eigenvalue weighted by Crippen LogP contribution is 2.48. The molecule has 11 rings (SSSR count). The quantitative estimate of drug-likeness (QED) is 0.130. The number of rotatable bonds is 3. The molecule has 0 aliphatic heterocycles. The Hall–Kier alpha value is -6.76. The van der Waals surface area contributed by atoms with Crippen molar-refractivity contribution in [2.75, 3.05) is 0 Å². The van der Waals surface area contributed by atoms with Gasteiger partial charge in [0.2, 0.25) is 0 Å². The molecule has 0 aliphatic rings. The van der Waals surface area contributed by atoms with E-state index in [1.54, 1.807) is 0 Å². The van der Waals surface area contributed by atoms with Crippen LogP contribution in [0.3, 0.4) is 0 Å². The van der Waals surface area contributed by atoms with Gasteiger partial charge in [-0.1, -0.05) is 182 Å². The van der Waals surface area contributed by atoms with E-state index in [-0.39, 0.29) is 45.7 Å². The molecule has 0 N–H and O–H groups in total. The molecular weight excluding hydrogens is 625 g/mol. The lowest BCUT2D eigenvalue weighted by Crippen LogP contribution is -1.93. The van der Waals surface area contributed by atoms with Gasteiger partial charge in [-0.15, -0.1) is 0 Å². The van der Waals surface area contributed by atoms with Crippen molar-refractivity contribution >= 4 is 75.4 Å². The van der Waals surface area contributed by atoms with Crippen LogP contribution in [0.1, 0.15) is 11.0 Å². The van der Waals surface area contributed by atoms with Crippen LogP contribution in [0.4, 0.5) is 0 Å². The second-order valence-corrected chi connectivity index (χ2v) is 13.4. The average molecular weight is 665 g/mol. The van der Waals surface area contributed by atoms with Gasteiger partial charge in [0.1, 0.15) is 0 Å². The third-order valence-electron chi connectivity index (χ3n) is 10.6. The molecule has 52 heavy (non-hydrogen) atoms. The third kappa shape index (κ3) is 4.28. The maximum atomic E-state index is 9.61. The van der Waals surface area contributed by atoms with E-state index in [1.165, 1.54) is 0 Å². The molecule has 0 fully saturated rings. The fourth-order valence-electron chi connectivity index (χ4n) is 8.35. The summed E-state index contributed by atoms with van der Waals surface area (Å²) >= 11 is 0. The van der Waals surface area contributed by atoms with E-state index >= 15 is 0 Å². The molecule has 0 bridgehead atoms. The largest absolute Gasteiger partial charge is 0.0629 e. The zero-order valence-electron chi connectivity index (χ0n) is 35.9. The van der Waals surface area contributed by atoms with Crippen molar-refractivity contribution in [2.24, 2.45) is 0 Å². The van der Waals surface area contributed by atoms with Gasteiger partial charge in [0.25, 0.3) is 0 Å². The lowest BCUT2D eigenvalue weighted by Gasteiger charge is -2.21. The molecule has 0 spiro atoms. The first-order valence-electron chi connectivity index (χ1n) is 21.4. The molecule has 0 heterocycles. The highest BCUT2D eigenvalue weighted by Gasteiger charge is 2.20. The van der Waals surface area contributed by atoms with Crippen molar-refractivity contribution < 1.29 is 11.0 Å². The smallest absolute Gasteiger partial charge is 0.0616 e. The van der Waals surface area contributed by atoms with Crippen molar-refractivity contribution in [3.8, 4) is 33.4 Å². The molecule has 0 amide bonds. The highest BCUT2D eigenvalue weighted by molar-refractivity contribution is 6.34. The van der Waals surface area contributed by atoms with Crippen LogP contribution in [0.15, 0.2) is 194 Å². The van der Waals surface area contributed by atoms with Crippen molar-refractivity contribution in [1.29, 1.82) is 0 Å². The Labute approximate surface area is 313 Å².